The molecule has 1 aliphatic rings. The molecule has 1 unspecified atom stereocenters. The molecular weight excluding hydrogens is 170 g/mol. The van der Waals surface area contributed by atoms with Crippen molar-refractivity contribution in [3.8, 4) is 0 Å². The standard InChI is InChI=1S/C9H15NO3/c1-9(10,8(11)12-2)7-3-5-13-6-4-7/h3H,4-6,10H2,1-2H3. The number of esters is 1. The molecule has 1 heterocycles. The molecule has 0 spiro atoms. The summed E-state index contributed by atoms with van der Waals surface area (Å²) in [6, 6.07) is 0. The average molecular weight is 185 g/mol. The topological polar surface area (TPSA) is 61.5 Å². The van der Waals surface area contributed by atoms with Crippen molar-refractivity contribution in [1.82, 2.24) is 0 Å². The second-order valence-corrected chi connectivity index (χ2v) is 3.25. The van der Waals surface area contributed by atoms with Gasteiger partial charge in [0.1, 0.15) is 5.54 Å². The molecule has 0 aromatic heterocycles. The maximum absolute atomic E-state index is 11.3. The molecule has 0 saturated heterocycles. The normalized spacial score (nSPS) is 21.6. The lowest BCUT2D eigenvalue weighted by molar-refractivity contribution is -0.145. The Labute approximate surface area is 77.7 Å². The Morgan fingerprint density at radius 2 is 2.46 bits per heavy atom. The van der Waals surface area contributed by atoms with Crippen LogP contribution in [0.5, 0.6) is 0 Å². The summed E-state index contributed by atoms with van der Waals surface area (Å²) >= 11 is 0. The summed E-state index contributed by atoms with van der Waals surface area (Å²) in [7, 11) is 1.34. The third-order valence-electron chi connectivity index (χ3n) is 2.24. The van der Waals surface area contributed by atoms with Crippen LogP contribution in [0.1, 0.15) is 13.3 Å². The SMILES string of the molecule is COC(=O)C(C)(N)C1=CCOCC1. The second kappa shape index (κ2) is 3.89. The van der Waals surface area contributed by atoms with E-state index in [4.69, 9.17) is 10.5 Å². The van der Waals surface area contributed by atoms with Crippen LogP contribution >= 0.6 is 0 Å². The minimum Gasteiger partial charge on any atom is -0.467 e. The molecule has 0 aromatic carbocycles. The van der Waals surface area contributed by atoms with Crippen molar-refractivity contribution in [3.05, 3.63) is 11.6 Å². The monoisotopic (exact) mass is 185 g/mol. The fraction of sp³-hybridized carbons (Fsp3) is 0.667. The zero-order valence-corrected chi connectivity index (χ0v) is 8.00. The number of carbonyl (C=O) groups excluding carboxylic acids is 1. The molecule has 0 fully saturated rings. The number of carbonyl (C=O) groups is 1. The molecule has 74 valence electrons. The molecule has 1 rings (SSSR count). The van der Waals surface area contributed by atoms with Crippen molar-refractivity contribution in [2.45, 2.75) is 18.9 Å². The van der Waals surface area contributed by atoms with E-state index >= 15 is 0 Å². The first-order chi connectivity index (χ1) is 6.09. The Balaban J connectivity index is 2.78. The first-order valence-electron chi connectivity index (χ1n) is 4.23. The van der Waals surface area contributed by atoms with Gasteiger partial charge in [-0.15, -0.1) is 0 Å². The number of hydrogen-bond donors (Lipinski definition) is 1. The quantitative estimate of drug-likeness (QED) is 0.494. The molecule has 0 aromatic rings. The summed E-state index contributed by atoms with van der Waals surface area (Å²) in [5.41, 5.74) is 5.74. The van der Waals surface area contributed by atoms with Gasteiger partial charge in [0.05, 0.1) is 20.3 Å². The van der Waals surface area contributed by atoms with Gasteiger partial charge in [0, 0.05) is 0 Å². The second-order valence-electron chi connectivity index (χ2n) is 3.25. The van der Waals surface area contributed by atoms with Gasteiger partial charge in [-0.2, -0.15) is 0 Å². The first kappa shape index (κ1) is 10.2. The maximum Gasteiger partial charge on any atom is 0.329 e. The van der Waals surface area contributed by atoms with Crippen LogP contribution in [-0.4, -0.2) is 31.8 Å². The molecule has 0 bridgehead atoms. The first-order valence-corrected chi connectivity index (χ1v) is 4.23. The van der Waals surface area contributed by atoms with Crippen molar-refractivity contribution in [2.24, 2.45) is 5.73 Å². The van der Waals surface area contributed by atoms with Crippen LogP contribution in [-0.2, 0) is 14.3 Å². The van der Waals surface area contributed by atoms with Gasteiger partial charge in [-0.05, 0) is 18.9 Å². The molecule has 0 aliphatic carbocycles. The van der Waals surface area contributed by atoms with E-state index in [1.165, 1.54) is 7.11 Å². The molecule has 4 nitrogen and oxygen atoms in total. The van der Waals surface area contributed by atoms with Crippen LogP contribution in [0.4, 0.5) is 0 Å². The minimum atomic E-state index is -1.00. The van der Waals surface area contributed by atoms with E-state index in [1.54, 1.807) is 6.92 Å². The van der Waals surface area contributed by atoms with Gasteiger partial charge in [-0.1, -0.05) is 6.08 Å². The number of methoxy groups -OCH3 is 1. The molecule has 13 heavy (non-hydrogen) atoms. The van der Waals surface area contributed by atoms with E-state index in [0.29, 0.717) is 19.6 Å². The number of nitrogens with two attached hydrogens (primary N) is 1. The Bertz CT molecular complexity index is 233. The predicted octanol–water partition coefficient (Wildman–Crippen LogP) is 0.223. The summed E-state index contributed by atoms with van der Waals surface area (Å²) in [6.45, 7) is 2.81. The maximum atomic E-state index is 11.3. The average Bonchev–Trinajstić information content (AvgIpc) is 2.18. The molecule has 0 radical (unpaired) electrons. The number of hydrogen-bond acceptors (Lipinski definition) is 4. The summed E-state index contributed by atoms with van der Waals surface area (Å²) in [5, 5.41) is 0. The lowest BCUT2D eigenvalue weighted by atomic mass is 9.89. The lowest BCUT2D eigenvalue weighted by Gasteiger charge is -2.27. The molecule has 0 saturated carbocycles. The minimum absolute atomic E-state index is 0.402. The van der Waals surface area contributed by atoms with Crippen LogP contribution < -0.4 is 5.73 Å². The van der Waals surface area contributed by atoms with Gasteiger partial charge in [0.25, 0.3) is 0 Å². The van der Waals surface area contributed by atoms with E-state index in [-0.39, 0.29) is 0 Å². The fourth-order valence-electron chi connectivity index (χ4n) is 1.34. The Morgan fingerprint density at radius 1 is 1.77 bits per heavy atom. The summed E-state index contributed by atoms with van der Waals surface area (Å²) in [4.78, 5) is 11.3. The van der Waals surface area contributed by atoms with Gasteiger partial charge < -0.3 is 15.2 Å². The molecule has 1 aliphatic heterocycles. The van der Waals surface area contributed by atoms with Crippen LogP contribution in [0.3, 0.4) is 0 Å². The van der Waals surface area contributed by atoms with Gasteiger partial charge >= 0.3 is 5.97 Å². The van der Waals surface area contributed by atoms with Gasteiger partial charge in [0.2, 0.25) is 0 Å². The molecule has 4 heteroatoms. The third kappa shape index (κ3) is 2.08. The van der Waals surface area contributed by atoms with Crippen molar-refractivity contribution in [2.75, 3.05) is 20.3 Å². The molecule has 0 amide bonds. The highest BCUT2D eigenvalue weighted by atomic mass is 16.5. The van der Waals surface area contributed by atoms with Crippen LogP contribution in [0.25, 0.3) is 0 Å². The highest BCUT2D eigenvalue weighted by Crippen LogP contribution is 2.21. The van der Waals surface area contributed by atoms with Crippen molar-refractivity contribution in [3.63, 3.8) is 0 Å². The summed E-state index contributed by atoms with van der Waals surface area (Å²) < 4.78 is 9.75. The van der Waals surface area contributed by atoms with E-state index in [1.807, 2.05) is 6.08 Å². The zero-order valence-electron chi connectivity index (χ0n) is 8.00. The molecular formula is C9H15NO3. The van der Waals surface area contributed by atoms with Crippen molar-refractivity contribution in [1.29, 1.82) is 0 Å². The van der Waals surface area contributed by atoms with E-state index in [9.17, 15) is 4.79 Å². The van der Waals surface area contributed by atoms with Crippen LogP contribution in [0, 0.1) is 0 Å². The Kier molecular flexibility index (Phi) is 3.06. The van der Waals surface area contributed by atoms with Crippen LogP contribution in [0.15, 0.2) is 11.6 Å². The Hall–Kier alpha value is -0.870. The fourth-order valence-corrected chi connectivity index (χ4v) is 1.34. The van der Waals surface area contributed by atoms with E-state index < -0.39 is 11.5 Å². The summed E-state index contributed by atoms with van der Waals surface area (Å²) in [5.74, 6) is -0.402. The molecule has 2 N–H and O–H groups in total. The van der Waals surface area contributed by atoms with Gasteiger partial charge in [-0.25, -0.2) is 4.79 Å². The Morgan fingerprint density at radius 3 is 2.92 bits per heavy atom. The van der Waals surface area contributed by atoms with E-state index in [2.05, 4.69) is 4.74 Å². The predicted molar refractivity (Wildman–Crippen MR) is 48.1 cm³/mol. The van der Waals surface area contributed by atoms with Crippen LogP contribution in [0.2, 0.25) is 0 Å². The lowest BCUT2D eigenvalue weighted by Crippen LogP contribution is -2.48. The van der Waals surface area contributed by atoms with Gasteiger partial charge in [0.15, 0.2) is 0 Å². The third-order valence-corrected chi connectivity index (χ3v) is 2.24. The smallest absolute Gasteiger partial charge is 0.329 e. The largest absolute Gasteiger partial charge is 0.467 e. The number of rotatable bonds is 2. The number of ether oxygens (including phenoxy) is 2. The zero-order chi connectivity index (χ0) is 9.90. The highest BCUT2D eigenvalue weighted by molar-refractivity contribution is 5.84. The van der Waals surface area contributed by atoms with Gasteiger partial charge in [-0.3, -0.25) is 0 Å². The molecule has 1 atom stereocenters. The summed E-state index contributed by atoms with van der Waals surface area (Å²) in [6.07, 6.45) is 2.54. The van der Waals surface area contributed by atoms with Crippen molar-refractivity contribution < 1.29 is 14.3 Å². The van der Waals surface area contributed by atoms with E-state index in [0.717, 1.165) is 5.57 Å². The van der Waals surface area contributed by atoms with Crippen molar-refractivity contribution >= 4 is 5.97 Å². The highest BCUT2D eigenvalue weighted by Gasteiger charge is 2.34.